The number of nitrogens with zero attached hydrogens (tertiary/aromatic N) is 3. The Labute approximate surface area is 102 Å². The molecule has 0 aliphatic rings. The molecule has 0 spiro atoms. The van der Waals surface area contributed by atoms with Crippen LogP contribution in [0.1, 0.15) is 0 Å². The lowest BCUT2D eigenvalue weighted by Crippen LogP contribution is -2.04. The number of ether oxygens (including phenoxy) is 1. The Bertz CT molecular complexity index is 562. The Balaban J connectivity index is 3.21. The van der Waals surface area contributed by atoms with Crippen molar-refractivity contribution >= 4 is 22.3 Å². The smallest absolute Gasteiger partial charge is 0.305 e. The van der Waals surface area contributed by atoms with E-state index in [-0.39, 0.29) is 11.4 Å². The Morgan fingerprint density at radius 2 is 2.22 bits per heavy atom. The SMILES string of the molecule is COc1ccc(N=[N+]=[S-](=O)OO[O-])c([N+](=O)[O-])c1. The van der Waals surface area contributed by atoms with Crippen molar-refractivity contribution in [2.24, 2.45) is 5.11 Å². The van der Waals surface area contributed by atoms with Gasteiger partial charge in [-0.3, -0.25) is 10.1 Å². The van der Waals surface area contributed by atoms with Gasteiger partial charge in [-0.2, -0.15) is 0 Å². The fourth-order valence-electron chi connectivity index (χ4n) is 0.976. The molecule has 0 bridgehead atoms. The minimum absolute atomic E-state index is 0.177. The van der Waals surface area contributed by atoms with E-state index in [2.05, 4.69) is 18.6 Å². The van der Waals surface area contributed by atoms with Gasteiger partial charge in [0, 0.05) is 0 Å². The molecule has 0 aromatic heterocycles. The van der Waals surface area contributed by atoms with Crippen molar-refractivity contribution in [1.29, 1.82) is 0 Å². The molecule has 0 radical (unpaired) electrons. The molecule has 0 amide bonds. The van der Waals surface area contributed by atoms with Crippen molar-refractivity contribution in [3.8, 4) is 5.75 Å². The first-order valence-electron chi connectivity index (χ1n) is 4.21. The molecular formula is C7H6N3O7S-. The van der Waals surface area contributed by atoms with E-state index in [0.717, 1.165) is 6.07 Å². The molecule has 0 aliphatic carbocycles. The van der Waals surface area contributed by atoms with Crippen LogP contribution in [0.3, 0.4) is 0 Å². The van der Waals surface area contributed by atoms with Crippen LogP contribution in [0.4, 0.5) is 11.4 Å². The normalized spacial score (nSPS) is 9.94. The average Bonchev–Trinajstić information content (AvgIpc) is 2.36. The summed E-state index contributed by atoms with van der Waals surface area (Å²) in [4.78, 5) is 10.0. The van der Waals surface area contributed by atoms with Gasteiger partial charge in [0.05, 0.1) is 18.1 Å². The Morgan fingerprint density at radius 1 is 1.50 bits per heavy atom. The van der Waals surface area contributed by atoms with Crippen LogP contribution < -0.4 is 14.2 Å². The number of methoxy groups -OCH3 is 1. The molecule has 0 saturated carbocycles. The maximum atomic E-state index is 10.7. The molecule has 0 saturated heterocycles. The summed E-state index contributed by atoms with van der Waals surface area (Å²) in [5.74, 6) is 0.251. The highest BCUT2D eigenvalue weighted by molar-refractivity contribution is 7.68. The van der Waals surface area contributed by atoms with Crippen molar-refractivity contribution in [3.05, 3.63) is 28.3 Å². The summed E-state index contributed by atoms with van der Waals surface area (Å²) in [5, 5.41) is 26.3. The number of nitro groups is 1. The second-order valence-corrected chi connectivity index (χ2v) is 3.38. The summed E-state index contributed by atoms with van der Waals surface area (Å²) in [6.45, 7) is 0. The lowest BCUT2D eigenvalue weighted by Gasteiger charge is -1.99. The van der Waals surface area contributed by atoms with Crippen molar-refractivity contribution < 1.29 is 28.5 Å². The van der Waals surface area contributed by atoms with E-state index in [1.165, 1.54) is 19.2 Å². The summed E-state index contributed by atoms with van der Waals surface area (Å²) < 4.78 is 22.1. The second kappa shape index (κ2) is 6.64. The number of nitro benzene ring substituents is 1. The number of hydrogen-bond donors (Lipinski definition) is 0. The van der Waals surface area contributed by atoms with Crippen molar-refractivity contribution in [2.45, 2.75) is 0 Å². The number of rotatable bonds is 5. The first-order chi connectivity index (χ1) is 8.58. The summed E-state index contributed by atoms with van der Waals surface area (Å²) in [5.41, 5.74) is -0.582. The lowest BCUT2D eigenvalue weighted by molar-refractivity contribution is -0.777. The summed E-state index contributed by atoms with van der Waals surface area (Å²) in [7, 11) is -1.14. The molecule has 0 aliphatic heterocycles. The first kappa shape index (κ1) is 14.0. The van der Waals surface area contributed by atoms with Crippen LogP contribution in [-0.4, -0.2) is 12.0 Å². The van der Waals surface area contributed by atoms with E-state index >= 15 is 0 Å². The van der Waals surface area contributed by atoms with Gasteiger partial charge in [0.15, 0.2) is 0 Å². The van der Waals surface area contributed by atoms with E-state index in [4.69, 9.17) is 4.74 Å². The fourth-order valence-corrected chi connectivity index (χ4v) is 1.21. The van der Waals surface area contributed by atoms with Crippen molar-refractivity contribution in [2.75, 3.05) is 7.11 Å². The average molecular weight is 276 g/mol. The van der Waals surface area contributed by atoms with Crippen molar-refractivity contribution in [1.82, 2.24) is 4.16 Å². The Hall–Kier alpha value is -2.04. The van der Waals surface area contributed by atoms with Gasteiger partial charge < -0.3 is 19.2 Å². The van der Waals surface area contributed by atoms with Gasteiger partial charge in [-0.15, -0.1) is 0 Å². The third kappa shape index (κ3) is 3.76. The Kier molecular flexibility index (Phi) is 5.17. The van der Waals surface area contributed by atoms with Crippen LogP contribution >= 0.6 is 0 Å². The first-order valence-corrected chi connectivity index (χ1v) is 5.24. The molecule has 0 fully saturated rings. The minimum atomic E-state index is -2.48. The molecule has 18 heavy (non-hydrogen) atoms. The van der Waals surface area contributed by atoms with Crippen LogP contribution in [-0.2, 0) is 24.5 Å². The third-order valence-corrected chi connectivity index (χ3v) is 2.07. The zero-order valence-corrected chi connectivity index (χ0v) is 9.66. The highest BCUT2D eigenvalue weighted by Gasteiger charge is 2.17. The van der Waals surface area contributed by atoms with Gasteiger partial charge in [-0.05, 0) is 16.3 Å². The summed E-state index contributed by atoms with van der Waals surface area (Å²) in [6.07, 6.45) is 0. The molecule has 0 atom stereocenters. The molecule has 1 rings (SSSR count). The highest BCUT2D eigenvalue weighted by Crippen LogP contribution is 2.30. The number of benzene rings is 1. The summed E-state index contributed by atoms with van der Waals surface area (Å²) in [6, 6.07) is 3.74. The van der Waals surface area contributed by atoms with Crippen LogP contribution in [0.25, 0.3) is 0 Å². The maximum absolute atomic E-state index is 10.7. The molecule has 0 unspecified atom stereocenters. The lowest BCUT2D eigenvalue weighted by atomic mass is 10.2. The molecule has 98 valence electrons. The predicted octanol–water partition coefficient (Wildman–Crippen LogP) is 0.0402. The molecule has 10 nitrogen and oxygen atoms in total. The molecule has 1 aromatic carbocycles. The highest BCUT2D eigenvalue weighted by atomic mass is 32.2. The van der Waals surface area contributed by atoms with Crippen molar-refractivity contribution in [3.63, 3.8) is 0 Å². The standard InChI is InChI=1S/C7H7N3O7S/c1-15-5-2-3-6(7(4-5)10(11)12)8-9-18(14)17-16-13/h2-4,13H,1H3/p-1. The summed E-state index contributed by atoms with van der Waals surface area (Å²) >= 11 is 0. The van der Waals surface area contributed by atoms with E-state index in [0.29, 0.717) is 0 Å². The molecular weight excluding hydrogens is 270 g/mol. The van der Waals surface area contributed by atoms with Gasteiger partial charge in [-0.1, -0.05) is 0 Å². The molecule has 1 aromatic rings. The van der Waals surface area contributed by atoms with E-state index in [1.807, 2.05) is 0 Å². The third-order valence-electron chi connectivity index (χ3n) is 1.68. The Morgan fingerprint density at radius 3 is 2.78 bits per heavy atom. The molecule has 11 heteroatoms. The van der Waals surface area contributed by atoms with Gasteiger partial charge in [0.2, 0.25) is 5.69 Å². The van der Waals surface area contributed by atoms with E-state index < -0.39 is 21.5 Å². The predicted molar refractivity (Wildman–Crippen MR) is 54.1 cm³/mol. The van der Waals surface area contributed by atoms with Gasteiger partial charge >= 0.3 is 5.69 Å². The van der Waals surface area contributed by atoms with Crippen LogP contribution in [0, 0.1) is 10.1 Å². The van der Waals surface area contributed by atoms with Crippen LogP contribution in [0.5, 0.6) is 5.75 Å². The minimum Gasteiger partial charge on any atom is -0.693 e. The fraction of sp³-hybridized carbons (Fsp3) is 0.143. The van der Waals surface area contributed by atoms with E-state index in [1.54, 1.807) is 0 Å². The molecule has 0 N–H and O–H groups in total. The van der Waals surface area contributed by atoms with Gasteiger partial charge in [-0.25, -0.2) is 4.33 Å². The van der Waals surface area contributed by atoms with E-state index in [9.17, 15) is 19.6 Å². The maximum Gasteiger partial charge on any atom is 0.305 e. The van der Waals surface area contributed by atoms with Gasteiger partial charge in [0.1, 0.15) is 10.9 Å². The molecule has 0 heterocycles. The van der Waals surface area contributed by atoms with Crippen LogP contribution in [0.15, 0.2) is 23.3 Å². The monoisotopic (exact) mass is 276 g/mol. The largest absolute Gasteiger partial charge is 0.693 e. The zero-order chi connectivity index (χ0) is 13.5. The zero-order valence-electron chi connectivity index (χ0n) is 8.84. The number of hydrogen-bond acceptors (Lipinski definition) is 9. The topological polar surface area (TPSA) is 137 Å². The second-order valence-electron chi connectivity index (χ2n) is 2.65. The van der Waals surface area contributed by atoms with Crippen LogP contribution in [0.2, 0.25) is 0 Å². The van der Waals surface area contributed by atoms with Gasteiger partial charge in [0.25, 0.3) is 10.9 Å². The quantitative estimate of drug-likeness (QED) is 0.185.